The molecular weight excluding hydrogens is 432 g/mol. The predicted octanol–water partition coefficient (Wildman–Crippen LogP) is 4.17. The van der Waals surface area contributed by atoms with Crippen molar-refractivity contribution in [2.45, 2.75) is 109 Å². The maximum atomic E-state index is 12.7. The molecule has 1 aliphatic rings. The lowest BCUT2D eigenvalue weighted by molar-refractivity contribution is -0.165. The van der Waals surface area contributed by atoms with E-state index in [4.69, 9.17) is 18.3 Å². The number of methoxy groups -OCH3 is 1. The van der Waals surface area contributed by atoms with E-state index in [1.807, 2.05) is 0 Å². The number of aliphatic hydroxyl groups excluding tert-OH is 1. The van der Waals surface area contributed by atoms with Crippen LogP contribution in [0.4, 0.5) is 0 Å². The third-order valence-corrected chi connectivity index (χ3v) is 15.7. The van der Waals surface area contributed by atoms with E-state index in [2.05, 4.69) is 67.7 Å². The molecule has 7 nitrogen and oxygen atoms in total. The Kier molecular flexibility index (Phi) is 8.56. The lowest BCUT2D eigenvalue weighted by Gasteiger charge is -2.48. The van der Waals surface area contributed by atoms with Crippen LogP contribution in [-0.2, 0) is 27.9 Å². The maximum Gasteiger partial charge on any atom is 0.336 e. The van der Waals surface area contributed by atoms with Gasteiger partial charge in [0, 0.05) is 6.92 Å². The number of rotatable bonds is 6. The molecule has 0 bridgehead atoms. The first kappa shape index (κ1) is 28.0. The van der Waals surface area contributed by atoms with Crippen LogP contribution in [0.25, 0.3) is 0 Å². The average Bonchev–Trinajstić information content (AvgIpc) is 2.56. The van der Waals surface area contributed by atoms with Crippen molar-refractivity contribution in [3.63, 3.8) is 0 Å². The van der Waals surface area contributed by atoms with Gasteiger partial charge in [-0.15, -0.1) is 0 Å². The van der Waals surface area contributed by atoms with Crippen molar-refractivity contribution in [2.75, 3.05) is 7.11 Å². The second kappa shape index (κ2) is 9.47. The molecule has 1 aliphatic carbocycles. The average molecular weight is 475 g/mol. The van der Waals surface area contributed by atoms with Gasteiger partial charge in [0.25, 0.3) is 0 Å². The fourth-order valence-corrected chi connectivity index (χ4v) is 5.36. The van der Waals surface area contributed by atoms with E-state index in [1.165, 1.54) is 20.1 Å². The van der Waals surface area contributed by atoms with Gasteiger partial charge in [-0.25, -0.2) is 4.79 Å². The molecule has 9 heteroatoms. The Morgan fingerprint density at radius 1 is 0.903 bits per heavy atom. The first-order valence-corrected chi connectivity index (χ1v) is 16.6. The molecule has 0 amide bonds. The van der Waals surface area contributed by atoms with Gasteiger partial charge in [0.1, 0.15) is 18.3 Å². The fraction of sp³-hybridized carbons (Fsp3) is 0.818. The second-order valence-electron chi connectivity index (χ2n) is 11.3. The second-order valence-corrected chi connectivity index (χ2v) is 20.8. The molecule has 0 aromatic carbocycles. The van der Waals surface area contributed by atoms with Gasteiger partial charge < -0.3 is 23.4 Å². The number of hydrogen-bond donors (Lipinski definition) is 1. The topological polar surface area (TPSA) is 91.3 Å². The van der Waals surface area contributed by atoms with Crippen molar-refractivity contribution in [1.29, 1.82) is 0 Å². The maximum absolute atomic E-state index is 12.7. The Balaban J connectivity index is 3.65. The lowest BCUT2D eigenvalue weighted by atomic mass is 9.89. The van der Waals surface area contributed by atoms with Crippen LogP contribution >= 0.6 is 0 Å². The summed E-state index contributed by atoms with van der Waals surface area (Å²) >= 11 is 0. The number of esters is 2. The number of aliphatic hydroxyl groups is 1. The summed E-state index contributed by atoms with van der Waals surface area (Å²) in [6.45, 7) is 22.2. The van der Waals surface area contributed by atoms with E-state index >= 15 is 0 Å². The first-order chi connectivity index (χ1) is 13.7. The van der Waals surface area contributed by atoms with Crippen LogP contribution in [0.1, 0.15) is 48.5 Å². The molecule has 180 valence electrons. The quantitative estimate of drug-likeness (QED) is 0.456. The zero-order valence-electron chi connectivity index (χ0n) is 21.3. The third kappa shape index (κ3) is 6.50. The predicted molar refractivity (Wildman–Crippen MR) is 126 cm³/mol. The highest BCUT2D eigenvalue weighted by molar-refractivity contribution is 6.74. The smallest absolute Gasteiger partial charge is 0.336 e. The molecule has 31 heavy (non-hydrogen) atoms. The van der Waals surface area contributed by atoms with Crippen LogP contribution in [0.5, 0.6) is 0 Å². The van der Waals surface area contributed by atoms with Crippen molar-refractivity contribution in [1.82, 2.24) is 0 Å². The Bertz CT molecular complexity index is 702. The SMILES string of the molecule is COC(=O)C1=C[C@@H](O)[C@@H](OC(C)=O)[C@H](O[Si](C)(C)C(C)(C)C)[C@@H]1O[Si](C)(C)C(C)(C)C. The largest absolute Gasteiger partial charge is 0.466 e. The summed E-state index contributed by atoms with van der Waals surface area (Å²) in [6.07, 6.45) is -2.49. The molecule has 4 atom stereocenters. The van der Waals surface area contributed by atoms with Gasteiger partial charge in [-0.3, -0.25) is 4.79 Å². The number of hydrogen-bond acceptors (Lipinski definition) is 7. The summed E-state index contributed by atoms with van der Waals surface area (Å²) in [5.74, 6) is -1.12. The minimum atomic E-state index is -2.40. The van der Waals surface area contributed by atoms with Crippen LogP contribution in [-0.4, -0.2) is 65.2 Å². The van der Waals surface area contributed by atoms with Gasteiger partial charge in [-0.05, 0) is 42.3 Å². The summed E-state index contributed by atoms with van der Waals surface area (Å²) < 4.78 is 23.9. The van der Waals surface area contributed by atoms with Crippen LogP contribution in [0.15, 0.2) is 11.6 Å². The molecule has 0 radical (unpaired) electrons. The monoisotopic (exact) mass is 474 g/mol. The Morgan fingerprint density at radius 3 is 1.74 bits per heavy atom. The fourth-order valence-electron chi connectivity index (χ4n) is 2.82. The van der Waals surface area contributed by atoms with Crippen molar-refractivity contribution in [3.8, 4) is 0 Å². The van der Waals surface area contributed by atoms with Crippen molar-refractivity contribution in [2.24, 2.45) is 0 Å². The normalized spacial score (nSPS) is 25.6. The molecule has 0 aromatic heterocycles. The number of carbonyl (C=O) groups excluding carboxylic acids is 2. The van der Waals surface area contributed by atoms with Gasteiger partial charge in [0.05, 0.1) is 12.7 Å². The van der Waals surface area contributed by atoms with Crippen molar-refractivity contribution < 1.29 is 33.0 Å². The molecule has 1 N–H and O–H groups in total. The van der Waals surface area contributed by atoms with Gasteiger partial charge in [-0.1, -0.05) is 41.5 Å². The molecule has 0 aliphatic heterocycles. The van der Waals surface area contributed by atoms with E-state index < -0.39 is 53.0 Å². The molecule has 0 spiro atoms. The highest BCUT2D eigenvalue weighted by Gasteiger charge is 2.52. The molecule has 0 aromatic rings. The Morgan fingerprint density at radius 2 is 1.35 bits per heavy atom. The molecular formula is C22H42O7Si2. The summed E-state index contributed by atoms with van der Waals surface area (Å²) in [5.41, 5.74) is 0.201. The Hall–Kier alpha value is -1.01. The highest BCUT2D eigenvalue weighted by atomic mass is 28.4. The van der Waals surface area contributed by atoms with E-state index in [0.717, 1.165) is 0 Å². The minimum Gasteiger partial charge on any atom is -0.466 e. The van der Waals surface area contributed by atoms with Gasteiger partial charge in [-0.2, -0.15) is 0 Å². The van der Waals surface area contributed by atoms with Gasteiger partial charge in [0.2, 0.25) is 0 Å². The summed E-state index contributed by atoms with van der Waals surface area (Å²) in [5, 5.41) is 10.5. The summed E-state index contributed by atoms with van der Waals surface area (Å²) in [4.78, 5) is 24.5. The van der Waals surface area contributed by atoms with Crippen LogP contribution < -0.4 is 0 Å². The number of carbonyl (C=O) groups is 2. The van der Waals surface area contributed by atoms with E-state index in [1.54, 1.807) is 0 Å². The van der Waals surface area contributed by atoms with Gasteiger partial charge >= 0.3 is 11.9 Å². The van der Waals surface area contributed by atoms with Crippen molar-refractivity contribution in [3.05, 3.63) is 11.6 Å². The van der Waals surface area contributed by atoms with Gasteiger partial charge in [0.15, 0.2) is 22.7 Å². The number of ether oxygens (including phenoxy) is 2. The van der Waals surface area contributed by atoms with Crippen LogP contribution in [0.2, 0.25) is 36.3 Å². The van der Waals surface area contributed by atoms with Crippen LogP contribution in [0.3, 0.4) is 0 Å². The molecule has 0 saturated carbocycles. The lowest BCUT2D eigenvalue weighted by Crippen LogP contribution is -2.61. The third-order valence-electron chi connectivity index (χ3n) is 6.80. The van der Waals surface area contributed by atoms with E-state index in [9.17, 15) is 14.7 Å². The molecule has 0 saturated heterocycles. The van der Waals surface area contributed by atoms with Crippen LogP contribution in [0, 0.1) is 0 Å². The van der Waals surface area contributed by atoms with E-state index in [0.29, 0.717) is 0 Å². The molecule has 0 fully saturated rings. The standard InChI is InChI=1S/C22H42O7Si2/c1-14(23)27-18-16(24)13-15(20(25)26-8)17(28-30(9,10)21(2,3)4)19(18)29-31(11,12)22(5,6)7/h13,16-19,24H,1-12H3/t16-,17-,18-,19-/m1/s1. The summed E-state index contributed by atoms with van der Waals surface area (Å²) in [7, 11) is -3.49. The van der Waals surface area contributed by atoms with Crippen molar-refractivity contribution >= 4 is 28.6 Å². The zero-order valence-corrected chi connectivity index (χ0v) is 23.3. The highest BCUT2D eigenvalue weighted by Crippen LogP contribution is 2.43. The first-order valence-electron chi connectivity index (χ1n) is 10.8. The molecule has 1 rings (SSSR count). The molecule has 0 heterocycles. The Labute approximate surface area is 189 Å². The molecule has 0 unspecified atom stereocenters. The minimum absolute atomic E-state index is 0.136. The summed E-state index contributed by atoms with van der Waals surface area (Å²) in [6, 6.07) is 0. The van der Waals surface area contributed by atoms with E-state index in [-0.39, 0.29) is 15.6 Å². The zero-order chi connectivity index (χ0) is 24.6.